The molecule has 12 heavy (non-hydrogen) atoms. The molecule has 0 saturated heterocycles. The maximum Gasteiger partial charge on any atom is 0.168 e. The van der Waals surface area contributed by atoms with Crippen LogP contribution < -0.4 is 5.32 Å². The molecule has 3 heteroatoms. The third-order valence-corrected chi connectivity index (χ3v) is 1.82. The minimum atomic E-state index is 0.487. The number of nitrogens with one attached hydrogen (secondary N) is 1. The zero-order chi connectivity index (χ0) is 8.39. The molecule has 0 radical (unpaired) electrons. The first-order valence-corrected chi connectivity index (χ1v) is 4.07. The number of hydrogen-bond donors (Lipinski definition) is 1. The van der Waals surface area contributed by atoms with Crippen molar-refractivity contribution in [3.8, 4) is 0 Å². The van der Waals surface area contributed by atoms with Crippen molar-refractivity contribution in [1.82, 2.24) is 4.98 Å². The summed E-state index contributed by atoms with van der Waals surface area (Å²) in [5, 5.41) is 3.22. The Morgan fingerprint density at radius 3 is 3.00 bits per heavy atom. The summed E-state index contributed by atoms with van der Waals surface area (Å²) in [6.07, 6.45) is 3.19. The second kappa shape index (κ2) is 2.93. The monoisotopic (exact) mass is 162 g/mol. The Morgan fingerprint density at radius 1 is 1.50 bits per heavy atom. The van der Waals surface area contributed by atoms with Gasteiger partial charge >= 0.3 is 0 Å². The molecule has 0 aromatic carbocycles. The summed E-state index contributed by atoms with van der Waals surface area (Å²) >= 11 is 0. The van der Waals surface area contributed by atoms with Crippen LogP contribution in [-0.4, -0.2) is 17.3 Å². The summed E-state index contributed by atoms with van der Waals surface area (Å²) < 4.78 is 0. The van der Waals surface area contributed by atoms with Crippen molar-refractivity contribution in [3.63, 3.8) is 0 Å². The first kappa shape index (κ1) is 7.28. The molecule has 1 aliphatic carbocycles. The van der Waals surface area contributed by atoms with Gasteiger partial charge in [-0.25, -0.2) is 4.98 Å². The van der Waals surface area contributed by atoms with Gasteiger partial charge in [0.1, 0.15) is 11.5 Å². The van der Waals surface area contributed by atoms with Crippen molar-refractivity contribution in [2.75, 3.05) is 5.32 Å². The van der Waals surface area contributed by atoms with Gasteiger partial charge in [-0.1, -0.05) is 6.07 Å². The smallest absolute Gasteiger partial charge is 0.168 e. The molecule has 0 unspecified atom stereocenters. The molecule has 0 bridgehead atoms. The lowest BCUT2D eigenvalue weighted by atomic mass is 10.3. The van der Waals surface area contributed by atoms with E-state index in [1.54, 1.807) is 6.07 Å². The molecule has 0 aliphatic heterocycles. The molecule has 1 heterocycles. The lowest BCUT2D eigenvalue weighted by Gasteiger charge is -2.02. The predicted octanol–water partition coefficient (Wildman–Crippen LogP) is 1.47. The molecule has 3 nitrogen and oxygen atoms in total. The largest absolute Gasteiger partial charge is 0.367 e. The van der Waals surface area contributed by atoms with Gasteiger partial charge in [-0.05, 0) is 25.0 Å². The van der Waals surface area contributed by atoms with Crippen LogP contribution in [0.1, 0.15) is 23.3 Å². The molecule has 1 fully saturated rings. The SMILES string of the molecule is O=Cc1cccc(NC2CC2)n1. The Kier molecular flexibility index (Phi) is 1.78. The minimum Gasteiger partial charge on any atom is -0.367 e. The zero-order valence-electron chi connectivity index (χ0n) is 6.66. The van der Waals surface area contributed by atoms with Crippen LogP contribution in [0.2, 0.25) is 0 Å². The zero-order valence-corrected chi connectivity index (χ0v) is 6.66. The maximum absolute atomic E-state index is 10.4. The van der Waals surface area contributed by atoms with Crippen molar-refractivity contribution < 1.29 is 4.79 Å². The molecule has 1 aromatic rings. The molecular weight excluding hydrogens is 152 g/mol. The number of pyridine rings is 1. The number of carbonyl (C=O) groups is 1. The van der Waals surface area contributed by atoms with Gasteiger partial charge in [0.05, 0.1) is 0 Å². The number of aldehydes is 1. The van der Waals surface area contributed by atoms with Gasteiger partial charge in [0.2, 0.25) is 0 Å². The third kappa shape index (κ3) is 1.61. The van der Waals surface area contributed by atoms with E-state index in [1.165, 1.54) is 12.8 Å². The maximum atomic E-state index is 10.4. The van der Waals surface area contributed by atoms with E-state index in [-0.39, 0.29) is 0 Å². The summed E-state index contributed by atoms with van der Waals surface area (Å²) in [5.74, 6) is 0.808. The number of aromatic nitrogens is 1. The Bertz CT molecular complexity index is 294. The van der Waals surface area contributed by atoms with Crippen LogP contribution in [0.25, 0.3) is 0 Å². The van der Waals surface area contributed by atoms with Gasteiger partial charge in [-0.15, -0.1) is 0 Å². The van der Waals surface area contributed by atoms with Gasteiger partial charge in [0.15, 0.2) is 6.29 Å². The van der Waals surface area contributed by atoms with E-state index in [0.717, 1.165) is 12.1 Å². The number of anilines is 1. The standard InChI is InChI=1S/C9H10N2O/c12-6-8-2-1-3-9(11-8)10-7-4-5-7/h1-3,6-7H,4-5H2,(H,10,11). The molecule has 62 valence electrons. The van der Waals surface area contributed by atoms with Crippen LogP contribution in [0, 0.1) is 0 Å². The summed E-state index contributed by atoms with van der Waals surface area (Å²) in [6, 6.07) is 6.00. The number of hydrogen-bond acceptors (Lipinski definition) is 3. The van der Waals surface area contributed by atoms with Gasteiger partial charge in [-0.3, -0.25) is 4.79 Å². The summed E-state index contributed by atoms with van der Waals surface area (Å²) in [4.78, 5) is 14.5. The van der Waals surface area contributed by atoms with Crippen molar-refractivity contribution in [2.45, 2.75) is 18.9 Å². The van der Waals surface area contributed by atoms with E-state index < -0.39 is 0 Å². The van der Waals surface area contributed by atoms with Crippen molar-refractivity contribution in [1.29, 1.82) is 0 Å². The lowest BCUT2D eigenvalue weighted by molar-refractivity contribution is 0.111. The van der Waals surface area contributed by atoms with E-state index in [4.69, 9.17) is 0 Å². The summed E-state index contributed by atoms with van der Waals surface area (Å²) in [6.45, 7) is 0. The van der Waals surface area contributed by atoms with Crippen molar-refractivity contribution >= 4 is 12.1 Å². The van der Waals surface area contributed by atoms with E-state index in [1.807, 2.05) is 12.1 Å². The fourth-order valence-electron chi connectivity index (χ4n) is 1.03. The van der Waals surface area contributed by atoms with Crippen molar-refractivity contribution in [3.05, 3.63) is 23.9 Å². The van der Waals surface area contributed by atoms with Crippen LogP contribution in [0.3, 0.4) is 0 Å². The van der Waals surface area contributed by atoms with E-state index >= 15 is 0 Å². The van der Waals surface area contributed by atoms with Gasteiger partial charge < -0.3 is 5.32 Å². The van der Waals surface area contributed by atoms with Crippen LogP contribution in [0.4, 0.5) is 5.82 Å². The number of rotatable bonds is 3. The van der Waals surface area contributed by atoms with Crippen LogP contribution in [0.5, 0.6) is 0 Å². The average Bonchev–Trinajstić information content (AvgIpc) is 2.89. The fraction of sp³-hybridized carbons (Fsp3) is 0.333. The quantitative estimate of drug-likeness (QED) is 0.684. The molecule has 1 aromatic heterocycles. The Balaban J connectivity index is 2.13. The second-order valence-electron chi connectivity index (χ2n) is 2.98. The normalized spacial score (nSPS) is 15.7. The van der Waals surface area contributed by atoms with E-state index in [9.17, 15) is 4.79 Å². The summed E-state index contributed by atoms with van der Waals surface area (Å²) in [5.41, 5.74) is 0.487. The molecule has 0 spiro atoms. The van der Waals surface area contributed by atoms with E-state index in [0.29, 0.717) is 11.7 Å². The van der Waals surface area contributed by atoms with Gasteiger partial charge in [0, 0.05) is 6.04 Å². The molecular formula is C9H10N2O. The molecule has 0 amide bonds. The predicted molar refractivity (Wildman–Crippen MR) is 46.3 cm³/mol. The topological polar surface area (TPSA) is 42.0 Å². The number of carbonyl (C=O) groups excluding carboxylic acids is 1. The van der Waals surface area contributed by atoms with E-state index in [2.05, 4.69) is 10.3 Å². The minimum absolute atomic E-state index is 0.487. The molecule has 1 saturated carbocycles. The van der Waals surface area contributed by atoms with Gasteiger partial charge in [-0.2, -0.15) is 0 Å². The molecule has 2 rings (SSSR count). The van der Waals surface area contributed by atoms with Crippen LogP contribution in [0.15, 0.2) is 18.2 Å². The van der Waals surface area contributed by atoms with Crippen molar-refractivity contribution in [2.24, 2.45) is 0 Å². The highest BCUT2D eigenvalue weighted by atomic mass is 16.1. The molecule has 1 N–H and O–H groups in total. The first-order chi connectivity index (χ1) is 5.88. The fourth-order valence-corrected chi connectivity index (χ4v) is 1.03. The third-order valence-electron chi connectivity index (χ3n) is 1.82. The lowest BCUT2D eigenvalue weighted by Crippen LogP contribution is -2.03. The highest BCUT2D eigenvalue weighted by Gasteiger charge is 2.20. The Morgan fingerprint density at radius 2 is 2.33 bits per heavy atom. The highest BCUT2D eigenvalue weighted by molar-refractivity contribution is 5.72. The van der Waals surface area contributed by atoms with Crippen LogP contribution >= 0.6 is 0 Å². The highest BCUT2D eigenvalue weighted by Crippen LogP contribution is 2.23. The first-order valence-electron chi connectivity index (χ1n) is 4.07. The van der Waals surface area contributed by atoms with Crippen LogP contribution in [-0.2, 0) is 0 Å². The number of nitrogens with zero attached hydrogens (tertiary/aromatic N) is 1. The van der Waals surface area contributed by atoms with Gasteiger partial charge in [0.25, 0.3) is 0 Å². The Labute approximate surface area is 70.8 Å². The Hall–Kier alpha value is -1.38. The summed E-state index contributed by atoms with van der Waals surface area (Å²) in [7, 11) is 0. The molecule has 1 aliphatic rings. The molecule has 0 atom stereocenters. The average molecular weight is 162 g/mol. The second-order valence-corrected chi connectivity index (χ2v) is 2.98.